The van der Waals surface area contributed by atoms with Gasteiger partial charge in [-0.05, 0) is 42.3 Å². The minimum atomic E-state index is -0.747. The van der Waals surface area contributed by atoms with Crippen molar-refractivity contribution in [3.05, 3.63) is 82.1 Å². The summed E-state index contributed by atoms with van der Waals surface area (Å²) >= 11 is 6.11. The highest BCUT2D eigenvalue weighted by molar-refractivity contribution is 6.30. The summed E-state index contributed by atoms with van der Waals surface area (Å²) in [6.07, 6.45) is 1.24. The Morgan fingerprint density at radius 2 is 1.90 bits per heavy atom. The van der Waals surface area contributed by atoms with E-state index < -0.39 is 23.8 Å². The average molecular weight is 419 g/mol. The number of Topliss-reactive ketones (excluding diaryl/α,β-unsaturated/α-hetero) is 1. The van der Waals surface area contributed by atoms with Crippen molar-refractivity contribution >= 4 is 17.4 Å². The van der Waals surface area contributed by atoms with Crippen LogP contribution in [0.2, 0.25) is 5.02 Å². The summed E-state index contributed by atoms with van der Waals surface area (Å²) in [5.41, 5.74) is 0.700. The third kappa shape index (κ3) is 5.41. The van der Waals surface area contributed by atoms with Crippen molar-refractivity contribution in [3.8, 4) is 5.75 Å². The van der Waals surface area contributed by atoms with Crippen molar-refractivity contribution in [2.24, 2.45) is 5.92 Å². The maximum atomic E-state index is 13.8. The summed E-state index contributed by atoms with van der Waals surface area (Å²) in [5.74, 6) is -0.895. The zero-order valence-electron chi connectivity index (χ0n) is 16.2. The molecular formula is C22H21ClF2N2O2. The number of ether oxygens (including phenoxy) is 1. The van der Waals surface area contributed by atoms with E-state index in [0.29, 0.717) is 29.8 Å². The van der Waals surface area contributed by atoms with E-state index in [0.717, 1.165) is 17.7 Å². The molecule has 3 rings (SSSR count). The van der Waals surface area contributed by atoms with Gasteiger partial charge in [0.15, 0.2) is 5.78 Å². The summed E-state index contributed by atoms with van der Waals surface area (Å²) < 4.78 is 35.0. The smallest absolute Gasteiger partial charge is 0.187 e. The average Bonchev–Trinajstić information content (AvgIpc) is 3.12. The number of carbonyl (C=O) groups is 1. The van der Waals surface area contributed by atoms with E-state index >= 15 is 0 Å². The Morgan fingerprint density at radius 3 is 2.59 bits per heavy atom. The molecule has 1 aromatic heterocycles. The Bertz CT molecular complexity index is 998. The van der Waals surface area contributed by atoms with E-state index in [2.05, 4.69) is 18.9 Å². The summed E-state index contributed by atoms with van der Waals surface area (Å²) in [4.78, 5) is 12.4. The molecule has 0 radical (unpaired) electrons. The molecular weight excluding hydrogens is 398 g/mol. The number of carbonyl (C=O) groups excluding carboxylic acids is 1. The SMILES string of the molecule is CC(C)COc1ccc(Cl)cc1Cn1ccc(C(=O)Cc2c(F)cccc2F)n1. The molecule has 0 spiro atoms. The lowest BCUT2D eigenvalue weighted by Crippen LogP contribution is -2.10. The van der Waals surface area contributed by atoms with E-state index in [1.54, 1.807) is 29.1 Å². The summed E-state index contributed by atoms with van der Waals surface area (Å²) in [5, 5.41) is 4.82. The molecule has 0 bridgehead atoms. The van der Waals surface area contributed by atoms with Crippen LogP contribution in [0.25, 0.3) is 0 Å². The first-order valence-electron chi connectivity index (χ1n) is 9.24. The Hall–Kier alpha value is -2.73. The first kappa shape index (κ1) is 21.0. The second-order valence-electron chi connectivity index (χ2n) is 7.16. The molecule has 0 aliphatic heterocycles. The van der Waals surface area contributed by atoms with Crippen LogP contribution in [0.3, 0.4) is 0 Å². The molecule has 2 aromatic carbocycles. The summed E-state index contributed by atoms with van der Waals surface area (Å²) in [7, 11) is 0. The summed E-state index contributed by atoms with van der Waals surface area (Å²) in [6.45, 7) is 5.01. The monoisotopic (exact) mass is 418 g/mol. The fourth-order valence-electron chi connectivity index (χ4n) is 2.79. The second-order valence-corrected chi connectivity index (χ2v) is 7.59. The predicted octanol–water partition coefficient (Wildman–Crippen LogP) is 5.32. The maximum Gasteiger partial charge on any atom is 0.187 e. The number of nitrogens with zero attached hydrogens (tertiary/aromatic N) is 2. The molecule has 0 fully saturated rings. The van der Waals surface area contributed by atoms with Gasteiger partial charge in [-0.2, -0.15) is 5.10 Å². The fraction of sp³-hybridized carbons (Fsp3) is 0.273. The van der Waals surface area contributed by atoms with E-state index in [4.69, 9.17) is 16.3 Å². The molecule has 0 amide bonds. The molecule has 0 aliphatic carbocycles. The molecule has 7 heteroatoms. The number of hydrogen-bond acceptors (Lipinski definition) is 3. The van der Waals surface area contributed by atoms with Crippen molar-refractivity contribution < 1.29 is 18.3 Å². The molecule has 1 heterocycles. The lowest BCUT2D eigenvalue weighted by atomic mass is 10.1. The van der Waals surface area contributed by atoms with Gasteiger partial charge in [-0.15, -0.1) is 0 Å². The Balaban J connectivity index is 1.75. The molecule has 152 valence electrons. The third-order valence-electron chi connectivity index (χ3n) is 4.25. The molecule has 29 heavy (non-hydrogen) atoms. The minimum absolute atomic E-state index is 0.138. The highest BCUT2D eigenvalue weighted by Gasteiger charge is 2.17. The van der Waals surface area contributed by atoms with Crippen LogP contribution in [0.4, 0.5) is 8.78 Å². The van der Waals surface area contributed by atoms with Gasteiger partial charge in [0.2, 0.25) is 0 Å². The fourth-order valence-corrected chi connectivity index (χ4v) is 2.99. The molecule has 4 nitrogen and oxygen atoms in total. The van der Waals surface area contributed by atoms with Gasteiger partial charge in [0.05, 0.1) is 13.2 Å². The number of halogens is 3. The Kier molecular flexibility index (Phi) is 6.64. The quantitative estimate of drug-likeness (QED) is 0.465. The number of hydrogen-bond donors (Lipinski definition) is 0. The summed E-state index contributed by atoms with van der Waals surface area (Å²) in [6, 6.07) is 10.4. The molecule has 3 aromatic rings. The van der Waals surface area contributed by atoms with Crippen molar-refractivity contribution in [2.45, 2.75) is 26.8 Å². The lowest BCUT2D eigenvalue weighted by molar-refractivity contribution is 0.0985. The van der Waals surface area contributed by atoms with Gasteiger partial charge in [0.25, 0.3) is 0 Å². The molecule has 0 unspecified atom stereocenters. The van der Waals surface area contributed by atoms with Crippen LogP contribution >= 0.6 is 11.6 Å². The van der Waals surface area contributed by atoms with Gasteiger partial charge < -0.3 is 4.74 Å². The van der Waals surface area contributed by atoms with Gasteiger partial charge in [0, 0.05) is 28.8 Å². The topological polar surface area (TPSA) is 44.1 Å². The molecule has 0 saturated carbocycles. The van der Waals surface area contributed by atoms with E-state index in [1.807, 2.05) is 0 Å². The van der Waals surface area contributed by atoms with Crippen LogP contribution in [0.15, 0.2) is 48.7 Å². The molecule has 0 aliphatic rings. The standard InChI is InChI=1S/C22H21ClF2N2O2/c1-14(2)13-29-22-7-6-16(23)10-15(22)12-27-9-8-20(26-27)21(28)11-17-18(24)4-3-5-19(17)25/h3-10,14H,11-13H2,1-2H3. The Labute approximate surface area is 173 Å². The van der Waals surface area contributed by atoms with Crippen molar-refractivity contribution in [1.82, 2.24) is 9.78 Å². The Morgan fingerprint density at radius 1 is 1.17 bits per heavy atom. The third-order valence-corrected chi connectivity index (χ3v) is 4.49. The zero-order chi connectivity index (χ0) is 21.0. The van der Waals surface area contributed by atoms with Crippen LogP contribution in [0, 0.1) is 17.6 Å². The lowest BCUT2D eigenvalue weighted by Gasteiger charge is -2.13. The molecule has 0 N–H and O–H groups in total. The van der Waals surface area contributed by atoms with Crippen molar-refractivity contribution in [1.29, 1.82) is 0 Å². The van der Waals surface area contributed by atoms with E-state index in [-0.39, 0.29) is 11.3 Å². The van der Waals surface area contributed by atoms with Crippen LogP contribution in [0.1, 0.15) is 35.5 Å². The zero-order valence-corrected chi connectivity index (χ0v) is 16.9. The largest absolute Gasteiger partial charge is 0.493 e. The van der Waals surface area contributed by atoms with E-state index in [1.165, 1.54) is 12.1 Å². The van der Waals surface area contributed by atoms with Gasteiger partial charge >= 0.3 is 0 Å². The first-order chi connectivity index (χ1) is 13.8. The van der Waals surface area contributed by atoms with Crippen LogP contribution in [0.5, 0.6) is 5.75 Å². The number of benzene rings is 2. The van der Waals surface area contributed by atoms with Crippen LogP contribution in [-0.4, -0.2) is 22.2 Å². The maximum absolute atomic E-state index is 13.8. The van der Waals surface area contributed by atoms with Gasteiger partial charge in [-0.3, -0.25) is 9.48 Å². The van der Waals surface area contributed by atoms with Crippen LogP contribution < -0.4 is 4.74 Å². The van der Waals surface area contributed by atoms with Gasteiger partial charge in [-0.1, -0.05) is 31.5 Å². The highest BCUT2D eigenvalue weighted by atomic mass is 35.5. The van der Waals surface area contributed by atoms with Crippen molar-refractivity contribution in [3.63, 3.8) is 0 Å². The highest BCUT2D eigenvalue weighted by Crippen LogP contribution is 2.24. The van der Waals surface area contributed by atoms with Gasteiger partial charge in [-0.25, -0.2) is 8.78 Å². The number of rotatable bonds is 8. The molecule has 0 atom stereocenters. The van der Waals surface area contributed by atoms with E-state index in [9.17, 15) is 13.6 Å². The minimum Gasteiger partial charge on any atom is -0.493 e. The van der Waals surface area contributed by atoms with Gasteiger partial charge in [0.1, 0.15) is 23.1 Å². The van der Waals surface area contributed by atoms with Crippen LogP contribution in [-0.2, 0) is 13.0 Å². The number of ketones is 1. The number of aromatic nitrogens is 2. The second kappa shape index (κ2) is 9.18. The molecule has 0 saturated heterocycles. The normalized spacial score (nSPS) is 11.1. The van der Waals surface area contributed by atoms with Crippen molar-refractivity contribution in [2.75, 3.05) is 6.61 Å². The predicted molar refractivity (Wildman–Crippen MR) is 108 cm³/mol. The first-order valence-corrected chi connectivity index (χ1v) is 9.62.